The minimum atomic E-state index is -0.937. The summed E-state index contributed by atoms with van der Waals surface area (Å²) in [7, 11) is 0. The highest BCUT2D eigenvalue weighted by molar-refractivity contribution is 7.22. The summed E-state index contributed by atoms with van der Waals surface area (Å²) in [6.07, 6.45) is 0. The second kappa shape index (κ2) is 7.94. The Morgan fingerprint density at radius 2 is 1.64 bits per heavy atom. The van der Waals surface area contributed by atoms with Crippen molar-refractivity contribution in [3.63, 3.8) is 0 Å². The van der Waals surface area contributed by atoms with Gasteiger partial charge in [0.05, 0.1) is 21.8 Å². The van der Waals surface area contributed by atoms with Crippen molar-refractivity contribution in [2.45, 2.75) is 19.9 Å². The normalized spacial score (nSPS) is 17.8. The molecule has 3 aromatic carbocycles. The molecule has 1 fully saturated rings. The number of hydrogen-bond donors (Lipinski definition) is 1. The van der Waals surface area contributed by atoms with Crippen molar-refractivity contribution >= 4 is 44.1 Å². The van der Waals surface area contributed by atoms with E-state index in [1.807, 2.05) is 44.2 Å². The van der Waals surface area contributed by atoms with E-state index in [0.717, 1.165) is 15.8 Å². The number of aromatic nitrogens is 1. The van der Waals surface area contributed by atoms with Crippen molar-refractivity contribution in [3.8, 4) is 0 Å². The number of Topliss-reactive ketones (excluding diaryl/α,β-unsaturated/α-hetero) is 1. The summed E-state index contributed by atoms with van der Waals surface area (Å²) in [5, 5.41) is 11.5. The van der Waals surface area contributed by atoms with E-state index in [9.17, 15) is 19.1 Å². The van der Waals surface area contributed by atoms with E-state index in [0.29, 0.717) is 21.8 Å². The van der Waals surface area contributed by atoms with Crippen LogP contribution in [0.1, 0.15) is 28.3 Å². The molecule has 1 aliphatic heterocycles. The van der Waals surface area contributed by atoms with Gasteiger partial charge >= 0.3 is 5.91 Å². The number of carbonyl (C=O) groups excluding carboxylic acids is 2. The first-order valence-corrected chi connectivity index (χ1v) is 11.2. The van der Waals surface area contributed by atoms with Crippen molar-refractivity contribution in [2.24, 2.45) is 0 Å². The molecule has 1 atom stereocenters. The van der Waals surface area contributed by atoms with Crippen molar-refractivity contribution in [1.29, 1.82) is 0 Å². The summed E-state index contributed by atoms with van der Waals surface area (Å²) < 4.78 is 14.5. The van der Waals surface area contributed by atoms with Gasteiger partial charge < -0.3 is 5.11 Å². The SMILES string of the molecule is Cc1ccc(/C(O)=C2\C(=O)C(=O)N(c3nc4ccc(C)cc4s3)[C@H]2c2ccc(F)cc2)cc1. The number of benzene rings is 3. The molecule has 1 amide bonds. The number of aliphatic hydroxyl groups is 1. The molecule has 0 radical (unpaired) electrons. The maximum atomic E-state index is 13.7. The van der Waals surface area contributed by atoms with E-state index >= 15 is 0 Å². The fourth-order valence-electron chi connectivity index (χ4n) is 3.98. The van der Waals surface area contributed by atoms with Crippen LogP contribution in [-0.4, -0.2) is 21.8 Å². The molecule has 0 spiro atoms. The van der Waals surface area contributed by atoms with Crippen LogP contribution < -0.4 is 4.90 Å². The molecule has 1 saturated heterocycles. The lowest BCUT2D eigenvalue weighted by Crippen LogP contribution is -2.29. The molecular weight excluding hydrogens is 439 g/mol. The first kappa shape index (κ1) is 21.0. The Balaban J connectivity index is 1.73. The fraction of sp³-hybridized carbons (Fsp3) is 0.115. The molecule has 0 saturated carbocycles. The summed E-state index contributed by atoms with van der Waals surface area (Å²) in [6, 6.07) is 17.4. The van der Waals surface area contributed by atoms with Crippen LogP contribution in [0, 0.1) is 19.7 Å². The van der Waals surface area contributed by atoms with E-state index in [4.69, 9.17) is 0 Å². The molecule has 164 valence electrons. The number of aryl methyl sites for hydroxylation is 2. The number of rotatable bonds is 3. The number of fused-ring (bicyclic) bond motifs is 1. The molecule has 0 unspecified atom stereocenters. The van der Waals surface area contributed by atoms with Crippen LogP contribution in [-0.2, 0) is 9.59 Å². The molecule has 1 aromatic heterocycles. The Bertz CT molecular complexity index is 1440. The van der Waals surface area contributed by atoms with Gasteiger partial charge in [0.25, 0.3) is 5.78 Å². The van der Waals surface area contributed by atoms with Gasteiger partial charge in [0.15, 0.2) is 5.13 Å². The molecule has 0 aliphatic carbocycles. The number of ketones is 1. The number of nitrogens with zero attached hydrogens (tertiary/aromatic N) is 2. The van der Waals surface area contributed by atoms with E-state index in [1.165, 1.54) is 40.5 Å². The topological polar surface area (TPSA) is 70.5 Å². The lowest BCUT2D eigenvalue weighted by atomic mass is 9.95. The molecule has 5 nitrogen and oxygen atoms in total. The highest BCUT2D eigenvalue weighted by Crippen LogP contribution is 2.44. The summed E-state index contributed by atoms with van der Waals surface area (Å²) in [6.45, 7) is 3.88. The lowest BCUT2D eigenvalue weighted by molar-refractivity contribution is -0.132. The number of carbonyl (C=O) groups is 2. The maximum absolute atomic E-state index is 13.7. The van der Waals surface area contributed by atoms with Gasteiger partial charge in [-0.1, -0.05) is 59.4 Å². The second-order valence-corrected chi connectivity index (χ2v) is 9.06. The van der Waals surface area contributed by atoms with Crippen LogP contribution in [0.2, 0.25) is 0 Å². The van der Waals surface area contributed by atoms with Gasteiger partial charge in [-0.15, -0.1) is 0 Å². The quantitative estimate of drug-likeness (QED) is 0.244. The Kier molecular flexibility index (Phi) is 5.06. The van der Waals surface area contributed by atoms with Crippen LogP contribution in [0.3, 0.4) is 0 Å². The van der Waals surface area contributed by atoms with Gasteiger partial charge in [-0.3, -0.25) is 14.5 Å². The van der Waals surface area contributed by atoms with E-state index in [2.05, 4.69) is 4.98 Å². The van der Waals surface area contributed by atoms with Gasteiger partial charge in [-0.25, -0.2) is 9.37 Å². The maximum Gasteiger partial charge on any atom is 0.301 e. The van der Waals surface area contributed by atoms with Crippen LogP contribution in [0.15, 0.2) is 72.3 Å². The minimum absolute atomic E-state index is 0.0501. The molecular formula is C26H19FN2O3S. The number of hydrogen-bond acceptors (Lipinski definition) is 5. The second-order valence-electron chi connectivity index (χ2n) is 8.05. The highest BCUT2D eigenvalue weighted by atomic mass is 32.1. The molecule has 1 N–H and O–H groups in total. The smallest absolute Gasteiger partial charge is 0.301 e. The zero-order valence-corrected chi connectivity index (χ0v) is 18.7. The van der Waals surface area contributed by atoms with Crippen molar-refractivity contribution in [3.05, 3.63) is 100 Å². The molecule has 33 heavy (non-hydrogen) atoms. The standard InChI is InChI=1S/C26H19FN2O3S/c1-14-3-6-17(7-4-14)23(30)21-22(16-8-10-18(27)11-9-16)29(25(32)24(21)31)26-28-19-12-5-15(2)13-20(19)33-26/h3-13,22,30H,1-2H3/b23-21+/t22-/m0/s1. The summed E-state index contributed by atoms with van der Waals surface area (Å²) in [5.74, 6) is -2.31. The number of thiazole rings is 1. The molecule has 5 rings (SSSR count). The minimum Gasteiger partial charge on any atom is -0.507 e. The van der Waals surface area contributed by atoms with E-state index in [-0.39, 0.29) is 11.3 Å². The average Bonchev–Trinajstić information content (AvgIpc) is 3.32. The van der Waals surface area contributed by atoms with Crippen molar-refractivity contribution < 1.29 is 19.1 Å². The first-order chi connectivity index (χ1) is 15.8. The number of anilines is 1. The van der Waals surface area contributed by atoms with Crippen molar-refractivity contribution in [1.82, 2.24) is 4.98 Å². The zero-order chi connectivity index (χ0) is 23.3. The predicted molar refractivity (Wildman–Crippen MR) is 127 cm³/mol. The number of aliphatic hydroxyl groups excluding tert-OH is 1. The third-order valence-electron chi connectivity index (χ3n) is 5.69. The lowest BCUT2D eigenvalue weighted by Gasteiger charge is -2.23. The molecule has 4 aromatic rings. The Morgan fingerprint density at radius 1 is 0.970 bits per heavy atom. The Hall–Kier alpha value is -3.84. The molecule has 2 heterocycles. The highest BCUT2D eigenvalue weighted by Gasteiger charge is 2.48. The summed E-state index contributed by atoms with van der Waals surface area (Å²) in [4.78, 5) is 32.3. The van der Waals surface area contributed by atoms with Gasteiger partial charge in [-0.05, 0) is 49.2 Å². The van der Waals surface area contributed by atoms with Gasteiger partial charge in [-0.2, -0.15) is 0 Å². The molecule has 1 aliphatic rings. The first-order valence-electron chi connectivity index (χ1n) is 10.3. The van der Waals surface area contributed by atoms with Gasteiger partial charge in [0.1, 0.15) is 11.6 Å². The third-order valence-corrected chi connectivity index (χ3v) is 6.71. The predicted octanol–water partition coefficient (Wildman–Crippen LogP) is 5.68. The number of halogens is 1. The number of amides is 1. The van der Waals surface area contributed by atoms with E-state index < -0.39 is 23.5 Å². The van der Waals surface area contributed by atoms with Crippen LogP contribution in [0.4, 0.5) is 9.52 Å². The summed E-state index contributed by atoms with van der Waals surface area (Å²) >= 11 is 1.29. The Morgan fingerprint density at radius 3 is 2.33 bits per heavy atom. The zero-order valence-electron chi connectivity index (χ0n) is 17.9. The van der Waals surface area contributed by atoms with Gasteiger partial charge in [0, 0.05) is 5.56 Å². The van der Waals surface area contributed by atoms with Crippen molar-refractivity contribution in [2.75, 3.05) is 4.90 Å². The third kappa shape index (κ3) is 3.60. The van der Waals surface area contributed by atoms with Gasteiger partial charge in [0.2, 0.25) is 0 Å². The Labute approximate surface area is 193 Å². The molecule has 7 heteroatoms. The molecule has 0 bridgehead atoms. The monoisotopic (exact) mass is 458 g/mol. The van der Waals surface area contributed by atoms with Crippen LogP contribution in [0.25, 0.3) is 16.0 Å². The van der Waals surface area contributed by atoms with Crippen LogP contribution in [0.5, 0.6) is 0 Å². The van der Waals surface area contributed by atoms with Crippen LogP contribution >= 0.6 is 11.3 Å². The van der Waals surface area contributed by atoms with E-state index in [1.54, 1.807) is 12.1 Å². The average molecular weight is 459 g/mol. The fourth-order valence-corrected chi connectivity index (χ4v) is 5.07. The summed E-state index contributed by atoms with van der Waals surface area (Å²) in [5.41, 5.74) is 3.62. The largest absolute Gasteiger partial charge is 0.507 e.